The Kier molecular flexibility index (Phi) is 6.33. The summed E-state index contributed by atoms with van der Waals surface area (Å²) < 4.78 is 24.8. The normalized spacial score (nSPS) is 17.6. The first-order chi connectivity index (χ1) is 15.3. The summed E-state index contributed by atoms with van der Waals surface area (Å²) in [5.41, 5.74) is 1.45. The molecule has 1 unspecified atom stereocenters. The van der Waals surface area contributed by atoms with E-state index in [1.54, 1.807) is 18.4 Å². The van der Waals surface area contributed by atoms with E-state index >= 15 is 0 Å². The van der Waals surface area contributed by atoms with Crippen molar-refractivity contribution >= 4 is 50.0 Å². The number of likely N-dealkylation sites (N-methyl/N-ethyl adjacent to an activating group) is 1. The van der Waals surface area contributed by atoms with Crippen molar-refractivity contribution in [2.24, 2.45) is 0 Å². The molecule has 1 atom stereocenters. The number of fused-ring (bicyclic) bond motifs is 3. The van der Waals surface area contributed by atoms with Crippen LogP contribution in [0.2, 0.25) is 0 Å². The number of hydrogen-bond acceptors (Lipinski definition) is 8. The van der Waals surface area contributed by atoms with E-state index < -0.39 is 9.84 Å². The number of aryl methyl sites for hydroxylation is 1. The summed E-state index contributed by atoms with van der Waals surface area (Å²) in [5, 5.41) is 8.55. The molecule has 2 aromatic heterocycles. The Bertz CT molecular complexity index is 1290. The summed E-state index contributed by atoms with van der Waals surface area (Å²) in [6, 6.07) is 7.23. The highest BCUT2D eigenvalue weighted by molar-refractivity contribution is 7.99. The minimum Gasteiger partial charge on any atom is -0.351 e. The molecule has 3 aromatic rings. The van der Waals surface area contributed by atoms with E-state index in [0.717, 1.165) is 10.9 Å². The van der Waals surface area contributed by atoms with Crippen LogP contribution in [0.25, 0.3) is 16.6 Å². The Morgan fingerprint density at radius 3 is 2.78 bits per heavy atom. The number of sulfone groups is 1. The number of rotatable bonds is 7. The average molecular weight is 477 g/mol. The third-order valence-corrected chi connectivity index (χ3v) is 7.93. The molecule has 0 bridgehead atoms. The molecule has 10 nitrogen and oxygen atoms in total. The highest BCUT2D eigenvalue weighted by Crippen LogP contribution is 2.24. The van der Waals surface area contributed by atoms with Crippen LogP contribution in [0.3, 0.4) is 0 Å². The lowest BCUT2D eigenvalue weighted by Gasteiger charge is -2.21. The van der Waals surface area contributed by atoms with Gasteiger partial charge in [-0.25, -0.2) is 18.4 Å². The number of carbonyl (C=O) groups excluding carboxylic acids is 2. The topological polar surface area (TPSA) is 127 Å². The molecule has 4 rings (SSSR count). The Balaban J connectivity index is 1.43. The number of benzene rings is 1. The molecule has 0 saturated carbocycles. The molecular formula is C20H24N6O4S2. The zero-order valence-electron chi connectivity index (χ0n) is 17.8. The van der Waals surface area contributed by atoms with Gasteiger partial charge < -0.3 is 10.2 Å². The number of hydrogen-bond donors (Lipinski definition) is 1. The number of carbonyl (C=O) groups is 2. The van der Waals surface area contributed by atoms with Crippen LogP contribution in [0.1, 0.15) is 19.2 Å². The molecule has 1 N–H and O–H groups in total. The van der Waals surface area contributed by atoms with Gasteiger partial charge in [0.15, 0.2) is 20.6 Å². The molecule has 12 heteroatoms. The van der Waals surface area contributed by atoms with Gasteiger partial charge in [0.05, 0.1) is 29.3 Å². The van der Waals surface area contributed by atoms with Gasteiger partial charge in [-0.2, -0.15) is 4.52 Å². The summed E-state index contributed by atoms with van der Waals surface area (Å²) in [4.78, 5) is 35.7. The standard InChI is InChI=1S/C20H24N6O4S2/c1-3-25(10-17(27)22-14-8-9-32(29,30)12-14)18(28)11-31-20-23-16-7-5-4-6-15(16)19-21-13(2)24-26(19)20/h4-7,14H,3,8-12H2,1-2H3,(H,22,27). The molecule has 1 aliphatic rings. The molecule has 3 heterocycles. The fraction of sp³-hybridized carbons (Fsp3) is 0.450. The van der Waals surface area contributed by atoms with Crippen molar-refractivity contribution in [1.29, 1.82) is 0 Å². The van der Waals surface area contributed by atoms with Gasteiger partial charge in [-0.3, -0.25) is 9.59 Å². The molecule has 1 aromatic carbocycles. The fourth-order valence-corrected chi connectivity index (χ4v) is 6.20. The molecule has 0 spiro atoms. The summed E-state index contributed by atoms with van der Waals surface area (Å²) in [6.07, 6.45) is 0.408. The molecule has 1 fully saturated rings. The van der Waals surface area contributed by atoms with Crippen LogP contribution >= 0.6 is 11.8 Å². The summed E-state index contributed by atoms with van der Waals surface area (Å²) >= 11 is 1.24. The van der Waals surface area contributed by atoms with Gasteiger partial charge in [0.25, 0.3) is 0 Å². The first kappa shape index (κ1) is 22.5. The van der Waals surface area contributed by atoms with E-state index in [-0.39, 0.29) is 41.7 Å². The lowest BCUT2D eigenvalue weighted by molar-refractivity contribution is -0.134. The van der Waals surface area contributed by atoms with E-state index in [1.165, 1.54) is 16.7 Å². The predicted octanol–water partition coefficient (Wildman–Crippen LogP) is 0.830. The van der Waals surface area contributed by atoms with Gasteiger partial charge >= 0.3 is 0 Å². The number of nitrogens with zero attached hydrogens (tertiary/aromatic N) is 5. The van der Waals surface area contributed by atoms with Gasteiger partial charge in [0.1, 0.15) is 5.82 Å². The SMILES string of the molecule is CCN(CC(=O)NC1CCS(=O)(=O)C1)C(=O)CSc1nc2ccccc2c2nc(C)nn12. The van der Waals surface area contributed by atoms with Crippen LogP contribution in [0, 0.1) is 6.92 Å². The number of nitrogens with one attached hydrogen (secondary N) is 1. The van der Waals surface area contributed by atoms with Crippen LogP contribution in [-0.2, 0) is 19.4 Å². The van der Waals surface area contributed by atoms with Gasteiger partial charge in [0, 0.05) is 18.0 Å². The lowest BCUT2D eigenvalue weighted by Crippen LogP contribution is -2.45. The number of aromatic nitrogens is 4. The second kappa shape index (κ2) is 9.02. The molecular weight excluding hydrogens is 452 g/mol. The molecule has 32 heavy (non-hydrogen) atoms. The van der Waals surface area contributed by atoms with E-state index in [0.29, 0.717) is 29.6 Å². The highest BCUT2D eigenvalue weighted by atomic mass is 32.2. The van der Waals surface area contributed by atoms with E-state index in [2.05, 4.69) is 20.4 Å². The molecule has 0 aliphatic carbocycles. The Morgan fingerprint density at radius 2 is 2.06 bits per heavy atom. The zero-order valence-corrected chi connectivity index (χ0v) is 19.4. The first-order valence-electron chi connectivity index (χ1n) is 10.3. The van der Waals surface area contributed by atoms with Crippen molar-refractivity contribution in [1.82, 2.24) is 29.8 Å². The third-order valence-electron chi connectivity index (χ3n) is 5.25. The van der Waals surface area contributed by atoms with Crippen molar-refractivity contribution < 1.29 is 18.0 Å². The Morgan fingerprint density at radius 1 is 1.28 bits per heavy atom. The second-order valence-corrected chi connectivity index (χ2v) is 10.8. The van der Waals surface area contributed by atoms with Crippen LogP contribution in [0.5, 0.6) is 0 Å². The Labute approximate surface area is 189 Å². The smallest absolute Gasteiger partial charge is 0.239 e. The largest absolute Gasteiger partial charge is 0.351 e. The maximum atomic E-state index is 12.8. The predicted molar refractivity (Wildman–Crippen MR) is 121 cm³/mol. The van der Waals surface area contributed by atoms with Gasteiger partial charge in [-0.15, -0.1) is 5.10 Å². The van der Waals surface area contributed by atoms with E-state index in [4.69, 9.17) is 0 Å². The monoisotopic (exact) mass is 476 g/mol. The van der Waals surface area contributed by atoms with Crippen LogP contribution < -0.4 is 5.32 Å². The molecule has 1 saturated heterocycles. The van der Waals surface area contributed by atoms with E-state index in [1.807, 2.05) is 24.3 Å². The minimum absolute atomic E-state index is 0.0460. The minimum atomic E-state index is -3.08. The van der Waals surface area contributed by atoms with Gasteiger partial charge in [-0.05, 0) is 32.4 Å². The number of amides is 2. The van der Waals surface area contributed by atoms with Crippen molar-refractivity contribution in [3.05, 3.63) is 30.1 Å². The number of thioether (sulfide) groups is 1. The highest BCUT2D eigenvalue weighted by Gasteiger charge is 2.29. The van der Waals surface area contributed by atoms with Crippen molar-refractivity contribution in [3.8, 4) is 0 Å². The van der Waals surface area contributed by atoms with Crippen molar-refractivity contribution in [3.63, 3.8) is 0 Å². The summed E-state index contributed by atoms with van der Waals surface area (Å²) in [7, 11) is -3.08. The van der Waals surface area contributed by atoms with Gasteiger partial charge in [-0.1, -0.05) is 23.9 Å². The Hall–Kier alpha value is -2.73. The van der Waals surface area contributed by atoms with Crippen molar-refractivity contribution in [2.75, 3.05) is 30.3 Å². The summed E-state index contributed by atoms with van der Waals surface area (Å²) in [6.45, 7) is 3.84. The lowest BCUT2D eigenvalue weighted by atomic mass is 10.2. The van der Waals surface area contributed by atoms with E-state index in [9.17, 15) is 18.0 Å². The maximum absolute atomic E-state index is 12.8. The van der Waals surface area contributed by atoms with Crippen LogP contribution in [0.4, 0.5) is 0 Å². The van der Waals surface area contributed by atoms with Crippen molar-refractivity contribution in [2.45, 2.75) is 31.5 Å². The quantitative estimate of drug-likeness (QED) is 0.392. The number of para-hydroxylation sites is 1. The maximum Gasteiger partial charge on any atom is 0.239 e. The molecule has 0 radical (unpaired) electrons. The van der Waals surface area contributed by atoms with Crippen LogP contribution in [-0.4, -0.2) is 81.1 Å². The summed E-state index contributed by atoms with van der Waals surface area (Å²) in [5.74, 6) is 0.155. The fourth-order valence-electron chi connectivity index (χ4n) is 3.68. The first-order valence-corrected chi connectivity index (χ1v) is 13.1. The molecule has 1 aliphatic heterocycles. The molecule has 170 valence electrons. The average Bonchev–Trinajstić information content (AvgIpc) is 3.31. The van der Waals surface area contributed by atoms with Crippen LogP contribution in [0.15, 0.2) is 29.4 Å². The zero-order chi connectivity index (χ0) is 22.9. The van der Waals surface area contributed by atoms with Gasteiger partial charge in [0.2, 0.25) is 11.8 Å². The second-order valence-electron chi connectivity index (χ2n) is 7.67. The molecule has 2 amide bonds. The third kappa shape index (κ3) is 4.85.